The van der Waals surface area contributed by atoms with E-state index in [1.54, 1.807) is 0 Å². The molecule has 0 saturated heterocycles. The van der Waals surface area contributed by atoms with E-state index >= 15 is 0 Å². The Balaban J connectivity index is 0.0000000958. The third-order valence-electron chi connectivity index (χ3n) is 26.2. The third-order valence-corrected chi connectivity index (χ3v) is 26.2. The molecule has 0 spiro atoms. The molecule has 15 nitrogen and oxygen atoms in total. The molecule has 0 aliphatic carbocycles. The lowest BCUT2D eigenvalue weighted by Gasteiger charge is -2.29. The van der Waals surface area contributed by atoms with Crippen molar-refractivity contribution in [3.8, 4) is 97.2 Å². The number of anilines is 9. The molecule has 6 aromatic heterocycles. The summed E-state index contributed by atoms with van der Waals surface area (Å²) in [4.78, 5) is 6.88. The number of aromatic nitrogens is 3. The summed E-state index contributed by atoms with van der Waals surface area (Å²) in [5, 5.41) is 13.3. The second-order valence-electron chi connectivity index (χ2n) is 33.3. The molecule has 12 heterocycles. The van der Waals surface area contributed by atoms with E-state index in [4.69, 9.17) is 41.7 Å². The molecule has 0 radical (unpaired) electrons. The summed E-state index contributed by atoms with van der Waals surface area (Å²) >= 11 is 0. The number of para-hydroxylation sites is 11. The average molecular weight is 1660 g/mol. The molecule has 0 saturated carbocycles. The minimum Gasteiger partial charge on any atom is -0.456 e. The molecular weight excluding hydrogens is 1600 g/mol. The summed E-state index contributed by atoms with van der Waals surface area (Å²) in [6.07, 6.45) is 0. The van der Waals surface area contributed by atoms with Gasteiger partial charge < -0.3 is 56.4 Å². The molecule has 6 aliphatic rings. The highest BCUT2D eigenvalue weighted by Crippen LogP contribution is 2.61. The van der Waals surface area contributed by atoms with Gasteiger partial charge in [0.2, 0.25) is 0 Å². The Labute approximate surface area is 733 Å². The van der Waals surface area contributed by atoms with E-state index in [1.165, 1.54) is 5.56 Å². The number of rotatable bonds is 10. The largest absolute Gasteiger partial charge is 0.456 e. The minimum absolute atomic E-state index is 0.780. The minimum atomic E-state index is 0.780. The first-order chi connectivity index (χ1) is 63.9. The molecule has 604 valence electrons. The fourth-order valence-electron chi connectivity index (χ4n) is 20.8. The summed E-state index contributed by atoms with van der Waals surface area (Å²) in [6, 6.07) is 134. The molecule has 0 unspecified atom stereocenters. The van der Waals surface area contributed by atoms with Crippen molar-refractivity contribution in [1.82, 2.24) is 13.7 Å². The van der Waals surface area contributed by atoms with E-state index in [2.05, 4.69) is 277 Å². The lowest BCUT2D eigenvalue weighted by molar-refractivity contribution is 0.443. The monoisotopic (exact) mass is 1660 g/mol. The van der Waals surface area contributed by atoms with Crippen molar-refractivity contribution in [2.45, 2.75) is 0 Å². The van der Waals surface area contributed by atoms with Crippen LogP contribution in [0.15, 0.2) is 401 Å². The van der Waals surface area contributed by atoms with E-state index in [9.17, 15) is 0 Å². The number of nitrogens with zero attached hydrogens (tertiary/aromatic N) is 6. The summed E-state index contributed by atoms with van der Waals surface area (Å²) < 4.78 is 64.8. The van der Waals surface area contributed by atoms with Crippen molar-refractivity contribution >= 4 is 182 Å². The number of hydrogen-bond acceptors (Lipinski definition) is 12. The second kappa shape index (κ2) is 26.4. The zero-order valence-electron chi connectivity index (χ0n) is 68.3. The van der Waals surface area contributed by atoms with Gasteiger partial charge in [0, 0.05) is 112 Å². The van der Waals surface area contributed by atoms with Gasteiger partial charge in [0.05, 0.1) is 61.2 Å². The van der Waals surface area contributed by atoms with E-state index in [0.29, 0.717) is 0 Å². The highest BCUT2D eigenvalue weighted by molar-refractivity contribution is 6.21. The highest BCUT2D eigenvalue weighted by atomic mass is 16.5. The Morgan fingerprint density at radius 1 is 0.163 bits per heavy atom. The van der Waals surface area contributed by atoms with Gasteiger partial charge in [0.25, 0.3) is 0 Å². The van der Waals surface area contributed by atoms with Crippen LogP contribution in [0.3, 0.4) is 0 Å². The Morgan fingerprint density at radius 2 is 0.473 bits per heavy atom. The molecule has 0 fully saturated rings. The number of fused-ring (bicyclic) bond motifs is 12. The Kier molecular flexibility index (Phi) is 14.2. The zero-order chi connectivity index (χ0) is 84.0. The van der Waals surface area contributed by atoms with E-state index in [-0.39, 0.29) is 0 Å². The molecular formula is C114H64N6O9. The van der Waals surface area contributed by atoms with E-state index in [1.807, 2.05) is 140 Å². The van der Waals surface area contributed by atoms with Crippen molar-refractivity contribution in [1.29, 1.82) is 0 Å². The second-order valence-corrected chi connectivity index (χ2v) is 33.3. The van der Waals surface area contributed by atoms with Crippen molar-refractivity contribution < 1.29 is 41.7 Å². The van der Waals surface area contributed by atoms with Gasteiger partial charge in [-0.15, -0.1) is 0 Å². The van der Waals surface area contributed by atoms with Crippen molar-refractivity contribution in [3.05, 3.63) is 388 Å². The number of hydrogen-bond donors (Lipinski definition) is 0. The SMILES string of the molecule is c1ccc(-c2ccc(N(c3cc4c5c(c3)c3cccc6c3n5-c3c(cccc3O4)O6)c3cccc4oc5ccccc5c34)cc2)cc1.c1ccc(N(c2ccc3c(c2)oc2ccccc23)c2cc3c4c(c2)c2cccc5c2n4-c2c(cccc2O3)O5)cc1.c1ccc(N(c2ccc3oc4ccccc4c3c2)c2cc3c4c(c2)c2cccc5c2n4-c2c(cccc2O3)O5)cc1. The van der Waals surface area contributed by atoms with Crippen LogP contribution in [0.25, 0.3) is 159 Å². The lowest BCUT2D eigenvalue weighted by Crippen LogP contribution is -2.12. The molecule has 25 aromatic rings. The van der Waals surface area contributed by atoms with Crippen LogP contribution in [0.5, 0.6) is 69.0 Å². The average Bonchev–Trinajstić information content (AvgIpc) is 1.54. The predicted molar refractivity (Wildman–Crippen MR) is 514 cm³/mol. The standard InChI is InChI=1S/C42H24N2O3.2C36H20N2O3/c1-2-9-25(10-3-1)26-19-21-27(22-20-26)43(32-13-7-15-34-39(32)30-11-4-5-14-33(30)45-34)28-23-31-29-12-6-16-35-40(29)44-41(31)38(24-28)47-37-18-8-17-36(46-35)42(37)44;1-2-8-21(9-3-1)37(22-16-17-25-24-10-4-5-12-28(24)39-32(25)19-22)23-18-27-26-11-6-13-29-34(26)38-35(27)33(20-23)41-31-15-7-14-30(40-29)36(31)38;1-2-8-21(9-3-1)37(22-16-17-29-26(18-22)24-10-4-5-12-28(24)39-29)23-19-27-25-11-6-13-30-34(25)38-35(27)33(20-23)41-32-15-7-14-31(40-30)36(32)38/h1-24H;2*1-20H. The topological polar surface area (TPSA) is 119 Å². The number of ether oxygens (including phenoxy) is 6. The van der Waals surface area contributed by atoms with Crippen LogP contribution in [0.4, 0.5) is 51.2 Å². The van der Waals surface area contributed by atoms with Gasteiger partial charge in [0.1, 0.15) is 50.6 Å². The lowest BCUT2D eigenvalue weighted by atomic mass is 10.0. The van der Waals surface area contributed by atoms with E-state index in [0.717, 1.165) is 274 Å². The molecule has 0 amide bonds. The fourth-order valence-corrected chi connectivity index (χ4v) is 20.8. The molecule has 0 atom stereocenters. The van der Waals surface area contributed by atoms with Crippen LogP contribution in [0.2, 0.25) is 0 Å². The van der Waals surface area contributed by atoms with Gasteiger partial charge in [-0.25, -0.2) is 0 Å². The molecule has 15 heteroatoms. The van der Waals surface area contributed by atoms with Gasteiger partial charge in [0.15, 0.2) is 69.0 Å². The van der Waals surface area contributed by atoms with Gasteiger partial charge >= 0.3 is 0 Å². The first-order valence-electron chi connectivity index (χ1n) is 43.1. The highest BCUT2D eigenvalue weighted by Gasteiger charge is 2.38. The summed E-state index contributed by atoms with van der Waals surface area (Å²) in [6.45, 7) is 0. The maximum Gasteiger partial charge on any atom is 0.155 e. The molecule has 0 bridgehead atoms. The van der Waals surface area contributed by atoms with Gasteiger partial charge in [-0.2, -0.15) is 0 Å². The van der Waals surface area contributed by atoms with Crippen molar-refractivity contribution in [2.24, 2.45) is 0 Å². The molecule has 0 N–H and O–H groups in total. The third kappa shape index (κ3) is 10.1. The maximum atomic E-state index is 6.73. The molecule has 6 aliphatic heterocycles. The van der Waals surface area contributed by atoms with Crippen LogP contribution in [-0.2, 0) is 0 Å². The van der Waals surface area contributed by atoms with Gasteiger partial charge in [-0.3, -0.25) is 13.7 Å². The fraction of sp³-hybridized carbons (Fsp3) is 0. The maximum absolute atomic E-state index is 6.73. The number of furan rings is 3. The summed E-state index contributed by atoms with van der Waals surface area (Å²) in [5.41, 5.74) is 26.0. The Hall–Kier alpha value is -17.8. The zero-order valence-corrected chi connectivity index (χ0v) is 68.3. The molecule has 19 aromatic carbocycles. The van der Waals surface area contributed by atoms with Crippen LogP contribution < -0.4 is 43.1 Å². The smallest absolute Gasteiger partial charge is 0.155 e. The quantitative estimate of drug-likeness (QED) is 0.130. The van der Waals surface area contributed by atoms with Crippen LogP contribution in [0, 0.1) is 0 Å². The van der Waals surface area contributed by atoms with Gasteiger partial charge in [-0.1, -0.05) is 194 Å². The van der Waals surface area contributed by atoms with Gasteiger partial charge in [-0.05, 0) is 181 Å². The predicted octanol–water partition coefficient (Wildman–Crippen LogP) is 32.8. The first-order valence-corrected chi connectivity index (χ1v) is 43.1. The van der Waals surface area contributed by atoms with Crippen LogP contribution in [-0.4, -0.2) is 13.7 Å². The summed E-state index contributed by atoms with van der Waals surface area (Å²) in [5.74, 6) is 9.77. The summed E-state index contributed by atoms with van der Waals surface area (Å²) in [7, 11) is 0. The van der Waals surface area contributed by atoms with E-state index < -0.39 is 0 Å². The molecule has 31 rings (SSSR count). The number of benzene rings is 19. The first kappa shape index (κ1) is 69.7. The van der Waals surface area contributed by atoms with Crippen molar-refractivity contribution in [3.63, 3.8) is 0 Å². The molecule has 129 heavy (non-hydrogen) atoms. The van der Waals surface area contributed by atoms with Crippen molar-refractivity contribution in [2.75, 3.05) is 14.7 Å². The van der Waals surface area contributed by atoms with Crippen LogP contribution >= 0.6 is 0 Å². The normalized spacial score (nSPS) is 12.7. The Morgan fingerprint density at radius 3 is 0.969 bits per heavy atom. The van der Waals surface area contributed by atoms with Crippen LogP contribution in [0.1, 0.15) is 0 Å². The Bertz CT molecular complexity index is 9170.